The van der Waals surface area contributed by atoms with Crippen LogP contribution in [0.5, 0.6) is 0 Å². The average Bonchev–Trinajstić information content (AvgIpc) is 2.51. The van der Waals surface area contributed by atoms with Crippen molar-refractivity contribution in [2.24, 2.45) is 0 Å². The molecule has 5 nitrogen and oxygen atoms in total. The van der Waals surface area contributed by atoms with E-state index in [1.165, 1.54) is 6.20 Å². The van der Waals surface area contributed by atoms with Gasteiger partial charge in [0.15, 0.2) is 11.1 Å². The highest BCUT2D eigenvalue weighted by Crippen LogP contribution is 2.03. The predicted octanol–water partition coefficient (Wildman–Crippen LogP) is 2.06. The summed E-state index contributed by atoms with van der Waals surface area (Å²) in [7, 11) is 0. The summed E-state index contributed by atoms with van der Waals surface area (Å²) in [5.41, 5.74) is 0.911. The van der Waals surface area contributed by atoms with Crippen molar-refractivity contribution in [2.75, 3.05) is 0 Å². The smallest absolute Gasteiger partial charge is 0.407 e. The lowest BCUT2D eigenvalue weighted by Gasteiger charge is -2.01. The van der Waals surface area contributed by atoms with Crippen molar-refractivity contribution in [3.05, 3.63) is 81.2 Å². The van der Waals surface area contributed by atoms with Crippen molar-refractivity contribution < 1.29 is 4.42 Å². The lowest BCUT2D eigenvalue weighted by atomic mass is 10.2. The fourth-order valence-corrected chi connectivity index (χ4v) is 2.01. The molecule has 0 fully saturated rings. The predicted molar refractivity (Wildman–Crippen MR) is 80.0 cm³/mol. The van der Waals surface area contributed by atoms with Crippen LogP contribution >= 0.6 is 0 Å². The van der Waals surface area contributed by atoms with Crippen LogP contribution in [-0.4, -0.2) is 9.55 Å². The Morgan fingerprint density at radius 3 is 2.71 bits per heavy atom. The molecule has 0 unspecified atom stereocenters. The molecule has 5 heteroatoms. The monoisotopic (exact) mass is 280 g/mol. The van der Waals surface area contributed by atoms with Crippen LogP contribution in [0.4, 0.5) is 0 Å². The topological polar surface area (TPSA) is 65.1 Å². The Bertz CT molecular complexity index is 908. The van der Waals surface area contributed by atoms with Crippen LogP contribution < -0.4 is 11.3 Å². The molecular weight excluding hydrogens is 268 g/mol. The number of hydrogen-bond acceptors (Lipinski definition) is 4. The molecule has 0 radical (unpaired) electrons. The van der Waals surface area contributed by atoms with Gasteiger partial charge in [0.2, 0.25) is 0 Å². The zero-order chi connectivity index (χ0) is 14.7. The summed E-state index contributed by atoms with van der Waals surface area (Å²) in [6.07, 6.45) is 5.07. The highest BCUT2D eigenvalue weighted by atomic mass is 16.4. The first-order chi connectivity index (χ1) is 10.3. The molecule has 1 aromatic carbocycles. The van der Waals surface area contributed by atoms with Crippen LogP contribution in [0.1, 0.15) is 5.56 Å². The Kier molecular flexibility index (Phi) is 3.47. The van der Waals surface area contributed by atoms with Gasteiger partial charge in [-0.3, -0.25) is 4.79 Å². The van der Waals surface area contributed by atoms with Gasteiger partial charge in [-0.2, -0.15) is 0 Å². The Labute approximate surface area is 119 Å². The summed E-state index contributed by atoms with van der Waals surface area (Å²) in [5, 5.41) is 0. The van der Waals surface area contributed by atoms with Crippen molar-refractivity contribution in [1.82, 2.24) is 9.55 Å². The molecule has 2 heterocycles. The molecule has 0 spiro atoms. The van der Waals surface area contributed by atoms with Crippen molar-refractivity contribution in [2.45, 2.75) is 6.54 Å². The highest BCUT2D eigenvalue weighted by Gasteiger charge is 2.08. The van der Waals surface area contributed by atoms with Gasteiger partial charge in [-0.25, -0.2) is 14.3 Å². The first-order valence-electron chi connectivity index (χ1n) is 6.46. The van der Waals surface area contributed by atoms with E-state index in [1.54, 1.807) is 18.2 Å². The Morgan fingerprint density at radius 2 is 1.90 bits per heavy atom. The van der Waals surface area contributed by atoms with Crippen molar-refractivity contribution >= 4 is 17.2 Å². The largest absolute Gasteiger partial charge is 0.422 e. The standard InChI is InChI=1S/C16H12N2O3/c19-15-14-13(9-4-10-17-14)21-16(20)18(15)11-5-8-12-6-2-1-3-7-12/h1-10H,11H2/b8-5-. The number of hydrogen-bond donors (Lipinski definition) is 0. The third kappa shape index (κ3) is 2.67. The minimum absolute atomic E-state index is 0.141. The highest BCUT2D eigenvalue weighted by molar-refractivity contribution is 5.69. The zero-order valence-electron chi connectivity index (χ0n) is 11.1. The molecule has 3 aromatic rings. The molecule has 0 atom stereocenters. The second-order valence-corrected chi connectivity index (χ2v) is 4.45. The summed E-state index contributed by atoms with van der Waals surface area (Å²) < 4.78 is 6.11. The van der Waals surface area contributed by atoms with Crippen LogP contribution in [0.3, 0.4) is 0 Å². The van der Waals surface area contributed by atoms with Gasteiger partial charge in [0.05, 0.1) is 6.54 Å². The zero-order valence-corrected chi connectivity index (χ0v) is 11.1. The van der Waals surface area contributed by atoms with Gasteiger partial charge in [-0.15, -0.1) is 0 Å². The quantitative estimate of drug-likeness (QED) is 0.736. The van der Waals surface area contributed by atoms with E-state index < -0.39 is 11.3 Å². The fraction of sp³-hybridized carbons (Fsp3) is 0.0625. The van der Waals surface area contributed by atoms with E-state index in [1.807, 2.05) is 36.4 Å². The van der Waals surface area contributed by atoms with Crippen molar-refractivity contribution in [3.8, 4) is 0 Å². The van der Waals surface area contributed by atoms with Gasteiger partial charge in [0.25, 0.3) is 5.56 Å². The molecule has 0 bridgehead atoms. The van der Waals surface area contributed by atoms with E-state index in [4.69, 9.17) is 4.42 Å². The molecule has 104 valence electrons. The maximum atomic E-state index is 12.2. The van der Waals surface area contributed by atoms with E-state index in [0.717, 1.165) is 10.1 Å². The van der Waals surface area contributed by atoms with Crippen LogP contribution in [-0.2, 0) is 6.54 Å². The Morgan fingerprint density at radius 1 is 1.10 bits per heavy atom. The normalized spacial score (nSPS) is 11.2. The molecule has 0 aliphatic carbocycles. The first kappa shape index (κ1) is 13.1. The second kappa shape index (κ2) is 5.58. The van der Waals surface area contributed by atoms with Crippen LogP contribution in [0.25, 0.3) is 17.2 Å². The van der Waals surface area contributed by atoms with Gasteiger partial charge >= 0.3 is 5.76 Å². The second-order valence-electron chi connectivity index (χ2n) is 4.45. The number of aromatic nitrogens is 2. The van der Waals surface area contributed by atoms with Gasteiger partial charge < -0.3 is 4.42 Å². The Balaban J connectivity index is 1.96. The number of benzene rings is 1. The van der Waals surface area contributed by atoms with Crippen LogP contribution in [0, 0.1) is 0 Å². The molecule has 0 amide bonds. The van der Waals surface area contributed by atoms with Gasteiger partial charge in [0, 0.05) is 6.20 Å². The van der Waals surface area contributed by atoms with Crippen LogP contribution in [0.2, 0.25) is 0 Å². The van der Waals surface area contributed by atoms with Crippen LogP contribution in [0.15, 0.2) is 68.7 Å². The molecule has 0 aliphatic heterocycles. The first-order valence-corrected chi connectivity index (χ1v) is 6.46. The maximum absolute atomic E-state index is 12.2. The fourth-order valence-electron chi connectivity index (χ4n) is 2.01. The molecule has 0 aliphatic rings. The summed E-state index contributed by atoms with van der Waals surface area (Å²) in [5.74, 6) is -0.682. The SMILES string of the molecule is O=c1oc2cccnc2c(=O)n1C/C=C\c1ccccc1. The number of rotatable bonds is 3. The average molecular weight is 280 g/mol. The number of pyridine rings is 1. The lowest BCUT2D eigenvalue weighted by Crippen LogP contribution is -2.32. The van der Waals surface area contributed by atoms with Gasteiger partial charge in [-0.05, 0) is 17.7 Å². The minimum atomic E-state index is -0.682. The van der Waals surface area contributed by atoms with E-state index in [9.17, 15) is 9.59 Å². The van der Waals surface area contributed by atoms with E-state index >= 15 is 0 Å². The molecule has 3 rings (SSSR count). The maximum Gasteiger partial charge on any atom is 0.422 e. The number of nitrogens with zero attached hydrogens (tertiary/aromatic N) is 2. The molecule has 0 N–H and O–H groups in total. The molecule has 21 heavy (non-hydrogen) atoms. The Hall–Kier alpha value is -2.95. The van der Waals surface area contributed by atoms with Crippen molar-refractivity contribution in [3.63, 3.8) is 0 Å². The van der Waals surface area contributed by atoms with Crippen molar-refractivity contribution in [1.29, 1.82) is 0 Å². The van der Waals surface area contributed by atoms with E-state index in [-0.39, 0.29) is 17.6 Å². The molecule has 2 aromatic heterocycles. The third-order valence-corrected chi connectivity index (χ3v) is 3.03. The summed E-state index contributed by atoms with van der Waals surface area (Å²) in [6, 6.07) is 12.8. The third-order valence-electron chi connectivity index (χ3n) is 3.03. The van der Waals surface area contributed by atoms with Gasteiger partial charge in [-0.1, -0.05) is 42.5 Å². The van der Waals surface area contributed by atoms with E-state index in [2.05, 4.69) is 4.98 Å². The molecule has 0 saturated heterocycles. The lowest BCUT2D eigenvalue weighted by molar-refractivity contribution is 0.472. The number of allylic oxidation sites excluding steroid dienone is 1. The minimum Gasteiger partial charge on any atom is -0.407 e. The summed E-state index contributed by atoms with van der Waals surface area (Å²) in [4.78, 5) is 28.0. The summed E-state index contributed by atoms with van der Waals surface area (Å²) in [6.45, 7) is 0.141. The number of fused-ring (bicyclic) bond motifs is 1. The molecule has 0 saturated carbocycles. The van der Waals surface area contributed by atoms with E-state index in [0.29, 0.717) is 0 Å². The summed E-state index contributed by atoms with van der Waals surface area (Å²) >= 11 is 0. The molecular formula is C16H12N2O3. The van der Waals surface area contributed by atoms with Gasteiger partial charge in [0.1, 0.15) is 0 Å².